The fourth-order valence-electron chi connectivity index (χ4n) is 3.31. The molecule has 0 saturated carbocycles. The Morgan fingerprint density at radius 1 is 0.929 bits per heavy atom. The first kappa shape index (κ1) is 18.1. The highest BCUT2D eigenvalue weighted by molar-refractivity contribution is 5.61. The summed E-state index contributed by atoms with van der Waals surface area (Å²) < 4.78 is 2.02. The van der Waals surface area contributed by atoms with Crippen LogP contribution in [0.2, 0.25) is 0 Å². The number of nitrogens with one attached hydrogen (secondary N) is 1. The van der Waals surface area contributed by atoms with Crippen LogP contribution in [0.25, 0.3) is 11.3 Å². The molecule has 0 radical (unpaired) electrons. The molecule has 0 aliphatic rings. The lowest BCUT2D eigenvalue weighted by Gasteiger charge is -2.14. The first-order valence-corrected chi connectivity index (χ1v) is 9.58. The van der Waals surface area contributed by atoms with E-state index in [4.69, 9.17) is 5.10 Å². The molecule has 2 aromatic heterocycles. The average Bonchev–Trinajstić information content (AvgIpc) is 3.16. The second kappa shape index (κ2) is 8.63. The van der Waals surface area contributed by atoms with Gasteiger partial charge < -0.3 is 5.32 Å². The van der Waals surface area contributed by atoms with Gasteiger partial charge in [0.15, 0.2) is 0 Å². The highest BCUT2D eigenvalue weighted by Gasteiger charge is 2.13. The summed E-state index contributed by atoms with van der Waals surface area (Å²) in [5.41, 5.74) is 5.71. The zero-order valence-electron chi connectivity index (χ0n) is 16.0. The maximum Gasteiger partial charge on any atom is 0.0983 e. The molecule has 0 saturated heterocycles. The van der Waals surface area contributed by atoms with Crippen molar-refractivity contribution in [1.29, 1.82) is 0 Å². The summed E-state index contributed by atoms with van der Waals surface area (Å²) in [6.45, 7) is 3.69. The summed E-state index contributed by atoms with van der Waals surface area (Å²) in [6, 6.07) is 25.2. The van der Waals surface area contributed by atoms with Gasteiger partial charge in [-0.2, -0.15) is 5.10 Å². The molecule has 4 heteroatoms. The second-order valence-electron chi connectivity index (χ2n) is 6.94. The van der Waals surface area contributed by atoms with Crippen molar-refractivity contribution in [2.24, 2.45) is 0 Å². The largest absolute Gasteiger partial charge is 0.306 e. The molecule has 28 heavy (non-hydrogen) atoms. The third-order valence-electron chi connectivity index (χ3n) is 4.86. The number of nitrogens with zero attached hydrogens (tertiary/aromatic N) is 3. The van der Waals surface area contributed by atoms with Gasteiger partial charge in [-0.1, -0.05) is 60.7 Å². The zero-order valence-corrected chi connectivity index (χ0v) is 16.0. The predicted octanol–water partition coefficient (Wildman–Crippen LogP) is 4.84. The Balaban J connectivity index is 1.57. The van der Waals surface area contributed by atoms with E-state index in [0.29, 0.717) is 0 Å². The Morgan fingerprint density at radius 3 is 2.39 bits per heavy atom. The van der Waals surface area contributed by atoms with Crippen molar-refractivity contribution in [2.75, 3.05) is 0 Å². The smallest absolute Gasteiger partial charge is 0.0983 e. The SMILES string of the molecule is C[C@@H](NCc1cn(Cc2ccccc2)nc1-c1cccnc1)c1ccccc1. The molecule has 0 aliphatic heterocycles. The first-order valence-electron chi connectivity index (χ1n) is 9.58. The number of aromatic nitrogens is 3. The molecular formula is C24H24N4. The molecule has 0 amide bonds. The lowest BCUT2D eigenvalue weighted by Crippen LogP contribution is -2.18. The van der Waals surface area contributed by atoms with Crippen molar-refractivity contribution >= 4 is 0 Å². The minimum Gasteiger partial charge on any atom is -0.306 e. The summed E-state index contributed by atoms with van der Waals surface area (Å²) in [4.78, 5) is 4.27. The van der Waals surface area contributed by atoms with E-state index >= 15 is 0 Å². The fraction of sp³-hybridized carbons (Fsp3) is 0.167. The normalized spacial score (nSPS) is 12.0. The molecule has 0 spiro atoms. The Morgan fingerprint density at radius 2 is 1.68 bits per heavy atom. The number of hydrogen-bond donors (Lipinski definition) is 1. The highest BCUT2D eigenvalue weighted by atomic mass is 15.3. The molecule has 0 fully saturated rings. The van der Waals surface area contributed by atoms with Crippen molar-refractivity contribution < 1.29 is 0 Å². The summed E-state index contributed by atoms with van der Waals surface area (Å²) >= 11 is 0. The quantitative estimate of drug-likeness (QED) is 0.507. The molecule has 0 unspecified atom stereocenters. The van der Waals surface area contributed by atoms with Gasteiger partial charge in [0.25, 0.3) is 0 Å². The van der Waals surface area contributed by atoms with Crippen LogP contribution in [0.1, 0.15) is 29.7 Å². The standard InChI is InChI=1S/C24H24N4/c1-19(21-11-6-3-7-12-21)26-16-23-18-28(17-20-9-4-2-5-10-20)27-24(23)22-13-8-14-25-15-22/h2-15,18-19,26H,16-17H2,1H3/t19-/m1/s1. The topological polar surface area (TPSA) is 42.7 Å². The molecule has 1 atom stereocenters. The second-order valence-corrected chi connectivity index (χ2v) is 6.94. The molecule has 2 heterocycles. The van der Waals surface area contributed by atoms with E-state index in [1.807, 2.05) is 29.1 Å². The van der Waals surface area contributed by atoms with Gasteiger partial charge in [-0.05, 0) is 30.2 Å². The van der Waals surface area contributed by atoms with Crippen LogP contribution in [0.5, 0.6) is 0 Å². The van der Waals surface area contributed by atoms with E-state index in [9.17, 15) is 0 Å². The highest BCUT2D eigenvalue weighted by Crippen LogP contribution is 2.23. The fourth-order valence-corrected chi connectivity index (χ4v) is 3.31. The number of hydrogen-bond acceptors (Lipinski definition) is 3. The third-order valence-corrected chi connectivity index (χ3v) is 4.86. The Bertz CT molecular complexity index is 995. The van der Waals surface area contributed by atoms with Crippen molar-refractivity contribution in [1.82, 2.24) is 20.1 Å². The van der Waals surface area contributed by atoms with Gasteiger partial charge in [-0.3, -0.25) is 9.67 Å². The van der Waals surface area contributed by atoms with Gasteiger partial charge in [-0.15, -0.1) is 0 Å². The van der Waals surface area contributed by atoms with Crippen LogP contribution in [0.4, 0.5) is 0 Å². The summed E-state index contributed by atoms with van der Waals surface area (Å²) in [5.74, 6) is 0. The first-order chi connectivity index (χ1) is 13.8. The Labute approximate surface area is 165 Å². The number of benzene rings is 2. The summed E-state index contributed by atoms with van der Waals surface area (Å²) in [7, 11) is 0. The van der Waals surface area contributed by atoms with Gasteiger partial charge in [0.05, 0.1) is 12.2 Å². The lowest BCUT2D eigenvalue weighted by atomic mass is 10.1. The average molecular weight is 368 g/mol. The van der Waals surface area contributed by atoms with E-state index in [1.54, 1.807) is 6.20 Å². The van der Waals surface area contributed by atoms with Gasteiger partial charge in [-0.25, -0.2) is 0 Å². The maximum absolute atomic E-state index is 4.86. The molecule has 0 aliphatic carbocycles. The van der Waals surface area contributed by atoms with Crippen molar-refractivity contribution in [3.63, 3.8) is 0 Å². The van der Waals surface area contributed by atoms with E-state index < -0.39 is 0 Å². The molecule has 1 N–H and O–H groups in total. The molecule has 4 nitrogen and oxygen atoms in total. The van der Waals surface area contributed by atoms with Crippen LogP contribution in [-0.4, -0.2) is 14.8 Å². The van der Waals surface area contributed by atoms with Crippen LogP contribution in [0, 0.1) is 0 Å². The lowest BCUT2D eigenvalue weighted by molar-refractivity contribution is 0.574. The van der Waals surface area contributed by atoms with Gasteiger partial charge in [0.2, 0.25) is 0 Å². The molecule has 2 aromatic carbocycles. The van der Waals surface area contributed by atoms with E-state index in [0.717, 1.165) is 24.3 Å². The molecule has 4 rings (SSSR count). The van der Waals surface area contributed by atoms with E-state index in [-0.39, 0.29) is 6.04 Å². The molecular weight excluding hydrogens is 344 g/mol. The Kier molecular flexibility index (Phi) is 5.59. The summed E-state index contributed by atoms with van der Waals surface area (Å²) in [6.07, 6.45) is 5.80. The number of rotatable bonds is 7. The van der Waals surface area contributed by atoms with Gasteiger partial charge >= 0.3 is 0 Å². The van der Waals surface area contributed by atoms with Gasteiger partial charge in [0, 0.05) is 42.3 Å². The zero-order chi connectivity index (χ0) is 19.2. The molecule has 4 aromatic rings. The van der Waals surface area contributed by atoms with Crippen LogP contribution in [-0.2, 0) is 13.1 Å². The molecule has 0 bridgehead atoms. The minimum absolute atomic E-state index is 0.264. The molecule has 140 valence electrons. The monoisotopic (exact) mass is 368 g/mol. The summed E-state index contributed by atoms with van der Waals surface area (Å²) in [5, 5.41) is 8.49. The van der Waals surface area contributed by atoms with Crippen LogP contribution in [0.3, 0.4) is 0 Å². The van der Waals surface area contributed by atoms with Crippen LogP contribution in [0.15, 0.2) is 91.4 Å². The van der Waals surface area contributed by atoms with Crippen LogP contribution < -0.4 is 5.32 Å². The Hall–Kier alpha value is -3.24. The van der Waals surface area contributed by atoms with Crippen molar-refractivity contribution in [2.45, 2.75) is 26.1 Å². The van der Waals surface area contributed by atoms with Crippen LogP contribution >= 0.6 is 0 Å². The van der Waals surface area contributed by atoms with Crippen molar-refractivity contribution in [3.05, 3.63) is 108 Å². The predicted molar refractivity (Wildman–Crippen MR) is 113 cm³/mol. The number of pyridine rings is 1. The van der Waals surface area contributed by atoms with E-state index in [2.05, 4.69) is 78.0 Å². The minimum atomic E-state index is 0.264. The maximum atomic E-state index is 4.86. The van der Waals surface area contributed by atoms with Gasteiger partial charge in [0.1, 0.15) is 0 Å². The third kappa shape index (κ3) is 4.35. The van der Waals surface area contributed by atoms with Crippen molar-refractivity contribution in [3.8, 4) is 11.3 Å². The van der Waals surface area contributed by atoms with E-state index in [1.165, 1.54) is 16.7 Å².